The van der Waals surface area contributed by atoms with Gasteiger partial charge in [-0.05, 0) is 35.9 Å². The maximum Gasteiger partial charge on any atom is 0.328 e. The number of carbonyl (C=O) groups is 1. The Balaban J connectivity index is 1.58. The van der Waals surface area contributed by atoms with Gasteiger partial charge in [0.05, 0.1) is 18.0 Å². The number of methoxy groups -OCH3 is 1. The molecule has 0 spiro atoms. The molecule has 4 rings (SSSR count). The number of rotatable bonds is 11. The second kappa shape index (κ2) is 10.5. The summed E-state index contributed by atoms with van der Waals surface area (Å²) in [5, 5.41) is 13.9. The van der Waals surface area contributed by atoms with Gasteiger partial charge >= 0.3 is 5.97 Å². The third kappa shape index (κ3) is 4.89. The molecule has 3 aromatic carbocycles. The van der Waals surface area contributed by atoms with Gasteiger partial charge < -0.3 is 14.6 Å². The first-order chi connectivity index (χ1) is 17.4. The number of hydrazine groups is 1. The van der Waals surface area contributed by atoms with Gasteiger partial charge in [-0.2, -0.15) is 0 Å². The molecule has 0 saturated carbocycles. The molecular weight excluding hydrogens is 464 g/mol. The highest BCUT2D eigenvalue weighted by Gasteiger charge is 2.33. The van der Waals surface area contributed by atoms with Crippen molar-refractivity contribution in [3.63, 3.8) is 0 Å². The van der Waals surface area contributed by atoms with E-state index in [-0.39, 0.29) is 12.1 Å². The van der Waals surface area contributed by atoms with Gasteiger partial charge in [0.25, 0.3) is 0 Å². The number of benzene rings is 2. The number of hydrogen-bond acceptors (Lipinski definition) is 9. The molecule has 36 heavy (non-hydrogen) atoms. The van der Waals surface area contributed by atoms with E-state index in [1.54, 1.807) is 48.5 Å². The lowest BCUT2D eigenvalue weighted by Crippen LogP contribution is -2.57. The van der Waals surface area contributed by atoms with E-state index in [2.05, 4.69) is 9.97 Å². The molecule has 0 fully saturated rings. The lowest BCUT2D eigenvalue weighted by atomic mass is 10.0. The molecule has 1 unspecified atom stereocenters. The molecule has 10 heteroatoms. The fourth-order valence-electron chi connectivity index (χ4n) is 4.05. The van der Waals surface area contributed by atoms with Crippen molar-refractivity contribution in [2.75, 3.05) is 25.2 Å². The van der Waals surface area contributed by atoms with Crippen LogP contribution in [0.25, 0.3) is 10.9 Å². The molecule has 1 aromatic heterocycles. The minimum absolute atomic E-state index is 0.0992. The quantitative estimate of drug-likeness (QED) is 0.248. The van der Waals surface area contributed by atoms with Crippen LogP contribution in [-0.4, -0.2) is 52.3 Å². The minimum atomic E-state index is -1.10. The molecule has 1 N–H and O–H groups in total. The predicted octanol–water partition coefficient (Wildman–Crippen LogP) is 2.79. The van der Waals surface area contributed by atoms with E-state index in [4.69, 9.17) is 9.47 Å². The summed E-state index contributed by atoms with van der Waals surface area (Å²) in [5.41, 5.74) is 0.228. The zero-order chi connectivity index (χ0) is 25.8. The Bertz CT molecular complexity index is 1440. The second-order valence-electron chi connectivity index (χ2n) is 8.07. The molecular formula is C26H26N4O6. The van der Waals surface area contributed by atoms with Crippen molar-refractivity contribution in [3.8, 4) is 17.4 Å². The molecule has 1 heterocycles. The van der Waals surface area contributed by atoms with Crippen LogP contribution in [0, 0.1) is 0 Å². The molecule has 10 nitrogen and oxygen atoms in total. The third-order valence-corrected chi connectivity index (χ3v) is 5.96. The number of nitrogens with zero attached hydrogens (tertiary/aromatic N) is 4. The highest BCUT2D eigenvalue weighted by Crippen LogP contribution is 2.30. The lowest BCUT2D eigenvalue weighted by Gasteiger charge is -2.39. The van der Waals surface area contributed by atoms with Crippen molar-refractivity contribution in [1.29, 1.82) is 0 Å². The van der Waals surface area contributed by atoms with E-state index in [0.29, 0.717) is 41.4 Å². The Kier molecular flexibility index (Phi) is 7.25. The van der Waals surface area contributed by atoms with Crippen LogP contribution in [0.2, 0.25) is 0 Å². The molecule has 186 valence electrons. The van der Waals surface area contributed by atoms with E-state index in [0.717, 1.165) is 5.56 Å². The van der Waals surface area contributed by atoms with Crippen LogP contribution in [0.5, 0.6) is 17.4 Å². The third-order valence-electron chi connectivity index (χ3n) is 5.96. The summed E-state index contributed by atoms with van der Waals surface area (Å²) < 4.78 is 11.3. The number of carboxylic acid groups (broad SMARTS) is 1. The van der Waals surface area contributed by atoms with Gasteiger partial charge in [0.1, 0.15) is 29.6 Å². The van der Waals surface area contributed by atoms with E-state index in [9.17, 15) is 19.5 Å². The van der Waals surface area contributed by atoms with Crippen LogP contribution in [0.4, 0.5) is 5.69 Å². The summed E-state index contributed by atoms with van der Waals surface area (Å²) in [7, 11) is 1.57. The lowest BCUT2D eigenvalue weighted by molar-refractivity contribution is -0.139. The van der Waals surface area contributed by atoms with Crippen molar-refractivity contribution in [1.82, 2.24) is 15.0 Å². The first-order valence-electron chi connectivity index (χ1n) is 11.5. The summed E-state index contributed by atoms with van der Waals surface area (Å²) in [6, 6.07) is 12.5. The molecule has 4 aromatic rings. The van der Waals surface area contributed by atoms with Crippen LogP contribution < -0.4 is 25.3 Å². The smallest absolute Gasteiger partial charge is 0.328 e. The topological polar surface area (TPSA) is 122 Å². The van der Waals surface area contributed by atoms with Gasteiger partial charge in [-0.25, -0.2) is 19.8 Å². The highest BCUT2D eigenvalue weighted by molar-refractivity contribution is 5.85. The Hall–Kier alpha value is -4.31. The SMILES string of the molecule is CCN(CC)N(c1cc(=O)c1=O)C(Cc1ccc(Oc2ncnc3ccc(OC)cc23)cc1)C(=O)O. The highest BCUT2D eigenvalue weighted by atomic mass is 16.5. The largest absolute Gasteiger partial charge is 0.497 e. The van der Waals surface area contributed by atoms with Crippen molar-refractivity contribution < 1.29 is 19.4 Å². The second-order valence-corrected chi connectivity index (χ2v) is 8.07. The maximum absolute atomic E-state index is 12.3. The molecule has 0 aliphatic rings. The van der Waals surface area contributed by atoms with Crippen molar-refractivity contribution in [3.05, 3.63) is 80.9 Å². The van der Waals surface area contributed by atoms with E-state index in [1.165, 1.54) is 17.4 Å². The van der Waals surface area contributed by atoms with Crippen LogP contribution in [0.15, 0.2) is 64.4 Å². The van der Waals surface area contributed by atoms with Crippen molar-refractivity contribution >= 4 is 22.6 Å². The van der Waals surface area contributed by atoms with Gasteiger partial charge in [-0.3, -0.25) is 14.6 Å². The summed E-state index contributed by atoms with van der Waals surface area (Å²) >= 11 is 0. The number of hydrogen-bond donors (Lipinski definition) is 1. The number of anilines is 1. The monoisotopic (exact) mass is 490 g/mol. The van der Waals surface area contributed by atoms with Crippen LogP contribution in [0.3, 0.4) is 0 Å². The zero-order valence-corrected chi connectivity index (χ0v) is 20.2. The number of carboxylic acids is 1. The maximum atomic E-state index is 12.3. The van der Waals surface area contributed by atoms with Gasteiger partial charge in [-0.15, -0.1) is 0 Å². The van der Waals surface area contributed by atoms with Crippen molar-refractivity contribution in [2.24, 2.45) is 0 Å². The fraction of sp³-hybridized carbons (Fsp3) is 0.269. The first kappa shape index (κ1) is 24.8. The molecule has 1 atom stereocenters. The van der Waals surface area contributed by atoms with E-state index >= 15 is 0 Å². The normalized spacial score (nSPS) is 12.1. The van der Waals surface area contributed by atoms with Crippen LogP contribution in [-0.2, 0) is 11.2 Å². The summed E-state index contributed by atoms with van der Waals surface area (Å²) in [5.74, 6) is 0.424. The number of aliphatic carboxylic acids is 1. The Labute approximate surface area is 207 Å². The Morgan fingerprint density at radius 1 is 1.00 bits per heavy atom. The van der Waals surface area contributed by atoms with Gasteiger partial charge in [0.15, 0.2) is 0 Å². The van der Waals surface area contributed by atoms with Crippen LogP contribution >= 0.6 is 0 Å². The van der Waals surface area contributed by atoms with Gasteiger partial charge in [-0.1, -0.05) is 26.0 Å². The number of aromatic nitrogens is 2. The summed E-state index contributed by atoms with van der Waals surface area (Å²) in [6.45, 7) is 4.67. The van der Waals surface area contributed by atoms with E-state index in [1.807, 2.05) is 19.9 Å². The average molecular weight is 491 g/mol. The Morgan fingerprint density at radius 3 is 2.28 bits per heavy atom. The van der Waals surface area contributed by atoms with Crippen LogP contribution in [0.1, 0.15) is 19.4 Å². The molecule has 0 radical (unpaired) electrons. The first-order valence-corrected chi connectivity index (χ1v) is 11.5. The zero-order valence-electron chi connectivity index (χ0n) is 20.2. The molecule has 0 saturated heterocycles. The Morgan fingerprint density at radius 2 is 1.69 bits per heavy atom. The summed E-state index contributed by atoms with van der Waals surface area (Å²) in [6.07, 6.45) is 1.53. The molecule has 0 aliphatic carbocycles. The average Bonchev–Trinajstić information content (AvgIpc) is 2.90. The van der Waals surface area contributed by atoms with Gasteiger partial charge in [0, 0.05) is 25.6 Å². The van der Waals surface area contributed by atoms with Crippen molar-refractivity contribution in [2.45, 2.75) is 26.3 Å². The van der Waals surface area contributed by atoms with Gasteiger partial charge in [0.2, 0.25) is 16.7 Å². The van der Waals surface area contributed by atoms with E-state index < -0.39 is 22.9 Å². The predicted molar refractivity (Wildman–Crippen MR) is 134 cm³/mol. The minimum Gasteiger partial charge on any atom is -0.497 e. The molecule has 0 aliphatic heterocycles. The fourth-order valence-corrected chi connectivity index (χ4v) is 4.05. The number of ether oxygens (including phenoxy) is 2. The molecule has 0 amide bonds. The standard InChI is InChI=1S/C26H26N4O6/c1-4-29(5-2)30(21-14-23(31)24(21)32)22(26(33)34)12-16-6-8-17(9-7-16)36-25-19-13-18(35-3)10-11-20(19)27-15-28-25/h6-11,13-15,22H,4-5,12H2,1-3H3,(H,33,34). The molecule has 0 bridgehead atoms. The summed E-state index contributed by atoms with van der Waals surface area (Å²) in [4.78, 5) is 44.4. The number of fused-ring (bicyclic) bond motifs is 1.